The van der Waals surface area contributed by atoms with Gasteiger partial charge in [0.25, 0.3) is 5.91 Å². The zero-order valence-corrected chi connectivity index (χ0v) is 12.8. The second-order valence-corrected chi connectivity index (χ2v) is 6.36. The van der Waals surface area contributed by atoms with Gasteiger partial charge in [-0.25, -0.2) is 0 Å². The number of aryl methyl sites for hydroxylation is 1. The molecule has 0 bridgehead atoms. The molecule has 3 rings (SSSR count). The number of piperazine rings is 1. The molecule has 2 fully saturated rings. The lowest BCUT2D eigenvalue weighted by molar-refractivity contribution is 0.0574. The van der Waals surface area contributed by atoms with E-state index in [0.29, 0.717) is 11.3 Å². The molecule has 0 spiro atoms. The minimum atomic E-state index is 0.0820. The third kappa shape index (κ3) is 3.05. The van der Waals surface area contributed by atoms with Crippen LogP contribution in [0.15, 0.2) is 18.2 Å². The molecule has 1 aromatic rings. The Kier molecular flexibility index (Phi) is 4.15. The number of nitrogens with two attached hydrogens (primary N) is 1. The number of benzene rings is 1. The summed E-state index contributed by atoms with van der Waals surface area (Å²) in [5, 5.41) is 0. The topological polar surface area (TPSA) is 49.6 Å². The van der Waals surface area contributed by atoms with Gasteiger partial charge < -0.3 is 10.6 Å². The lowest BCUT2D eigenvalue weighted by Crippen LogP contribution is -2.51. The van der Waals surface area contributed by atoms with Gasteiger partial charge in [0, 0.05) is 37.9 Å². The number of hydrogen-bond acceptors (Lipinski definition) is 3. The van der Waals surface area contributed by atoms with Gasteiger partial charge >= 0.3 is 0 Å². The second-order valence-electron chi connectivity index (χ2n) is 6.36. The van der Waals surface area contributed by atoms with Crippen LogP contribution in [0.4, 0.5) is 5.69 Å². The number of carbonyl (C=O) groups is 1. The SMILES string of the molecule is Cc1ccc(C(=O)N2CCN(C3CCCC3)CC2)c(N)c1. The summed E-state index contributed by atoms with van der Waals surface area (Å²) in [7, 11) is 0. The Morgan fingerprint density at radius 2 is 1.81 bits per heavy atom. The average Bonchev–Trinajstić information content (AvgIpc) is 3.01. The van der Waals surface area contributed by atoms with Crippen molar-refractivity contribution in [1.29, 1.82) is 0 Å². The number of hydrogen-bond donors (Lipinski definition) is 1. The van der Waals surface area contributed by atoms with E-state index in [9.17, 15) is 4.79 Å². The summed E-state index contributed by atoms with van der Waals surface area (Å²) in [6.07, 6.45) is 5.39. The van der Waals surface area contributed by atoms with Gasteiger partial charge in [0.15, 0.2) is 0 Å². The number of amides is 1. The Morgan fingerprint density at radius 1 is 1.14 bits per heavy atom. The molecule has 0 radical (unpaired) electrons. The van der Waals surface area contributed by atoms with Crippen molar-refractivity contribution in [3.63, 3.8) is 0 Å². The Hall–Kier alpha value is -1.55. The zero-order valence-electron chi connectivity index (χ0n) is 12.8. The van der Waals surface area contributed by atoms with Crippen molar-refractivity contribution >= 4 is 11.6 Å². The van der Waals surface area contributed by atoms with Gasteiger partial charge in [-0.3, -0.25) is 9.69 Å². The van der Waals surface area contributed by atoms with Crippen molar-refractivity contribution in [2.75, 3.05) is 31.9 Å². The van der Waals surface area contributed by atoms with Gasteiger partial charge in [-0.15, -0.1) is 0 Å². The molecule has 1 saturated carbocycles. The van der Waals surface area contributed by atoms with Crippen LogP contribution in [-0.4, -0.2) is 47.9 Å². The minimum absolute atomic E-state index is 0.0820. The van der Waals surface area contributed by atoms with Crippen LogP contribution >= 0.6 is 0 Å². The van der Waals surface area contributed by atoms with Crippen LogP contribution in [0.25, 0.3) is 0 Å². The first-order valence-electron chi connectivity index (χ1n) is 8.04. The lowest BCUT2D eigenvalue weighted by atomic mass is 10.1. The van der Waals surface area contributed by atoms with Crippen molar-refractivity contribution < 1.29 is 4.79 Å². The van der Waals surface area contributed by atoms with E-state index < -0.39 is 0 Å². The molecule has 1 saturated heterocycles. The minimum Gasteiger partial charge on any atom is -0.398 e. The molecule has 0 atom stereocenters. The Labute approximate surface area is 126 Å². The highest BCUT2D eigenvalue weighted by molar-refractivity contribution is 5.99. The second kappa shape index (κ2) is 6.06. The molecular formula is C17H25N3O. The van der Waals surface area contributed by atoms with Crippen LogP contribution in [0.5, 0.6) is 0 Å². The molecular weight excluding hydrogens is 262 g/mol. The normalized spacial score (nSPS) is 20.9. The predicted molar refractivity (Wildman–Crippen MR) is 85.3 cm³/mol. The summed E-state index contributed by atoms with van der Waals surface area (Å²) in [5.41, 5.74) is 8.33. The van der Waals surface area contributed by atoms with E-state index in [2.05, 4.69) is 4.90 Å². The Bertz CT molecular complexity index is 515. The summed E-state index contributed by atoms with van der Waals surface area (Å²) >= 11 is 0. The zero-order chi connectivity index (χ0) is 14.8. The van der Waals surface area contributed by atoms with Crippen LogP contribution in [0.3, 0.4) is 0 Å². The molecule has 1 aliphatic heterocycles. The van der Waals surface area contributed by atoms with E-state index in [4.69, 9.17) is 5.73 Å². The van der Waals surface area contributed by atoms with E-state index in [0.717, 1.165) is 37.8 Å². The number of anilines is 1. The number of carbonyl (C=O) groups excluding carboxylic acids is 1. The third-order valence-corrected chi connectivity index (χ3v) is 4.88. The molecule has 2 aliphatic rings. The van der Waals surface area contributed by atoms with Crippen LogP contribution in [0.1, 0.15) is 41.6 Å². The van der Waals surface area contributed by atoms with Crippen molar-refractivity contribution in [2.24, 2.45) is 0 Å². The van der Waals surface area contributed by atoms with Crippen LogP contribution in [-0.2, 0) is 0 Å². The fourth-order valence-electron chi connectivity index (χ4n) is 3.61. The van der Waals surface area contributed by atoms with E-state index >= 15 is 0 Å². The fourth-order valence-corrected chi connectivity index (χ4v) is 3.61. The maximum absolute atomic E-state index is 12.6. The smallest absolute Gasteiger partial charge is 0.256 e. The van der Waals surface area contributed by atoms with Crippen molar-refractivity contribution in [3.05, 3.63) is 29.3 Å². The monoisotopic (exact) mass is 287 g/mol. The molecule has 0 unspecified atom stereocenters. The number of nitrogens with zero attached hydrogens (tertiary/aromatic N) is 2. The fraction of sp³-hybridized carbons (Fsp3) is 0.588. The maximum atomic E-state index is 12.6. The van der Waals surface area contributed by atoms with Crippen molar-refractivity contribution in [2.45, 2.75) is 38.6 Å². The molecule has 1 aromatic carbocycles. The van der Waals surface area contributed by atoms with E-state index in [1.54, 1.807) is 0 Å². The third-order valence-electron chi connectivity index (χ3n) is 4.88. The molecule has 1 heterocycles. The van der Waals surface area contributed by atoms with E-state index in [1.807, 2.05) is 30.0 Å². The van der Waals surface area contributed by atoms with Gasteiger partial charge in [0.2, 0.25) is 0 Å². The summed E-state index contributed by atoms with van der Waals surface area (Å²) in [6.45, 7) is 5.64. The van der Waals surface area contributed by atoms with Gasteiger partial charge in [0.05, 0.1) is 5.56 Å². The Balaban J connectivity index is 1.62. The van der Waals surface area contributed by atoms with E-state index in [-0.39, 0.29) is 5.91 Å². The molecule has 1 amide bonds. The molecule has 4 heteroatoms. The highest BCUT2D eigenvalue weighted by atomic mass is 16.2. The molecule has 4 nitrogen and oxygen atoms in total. The highest BCUT2D eigenvalue weighted by Crippen LogP contribution is 2.25. The molecule has 1 aliphatic carbocycles. The summed E-state index contributed by atoms with van der Waals surface area (Å²) < 4.78 is 0. The predicted octanol–water partition coefficient (Wildman–Crippen LogP) is 2.28. The van der Waals surface area contributed by atoms with Gasteiger partial charge in [-0.1, -0.05) is 18.9 Å². The molecule has 0 aromatic heterocycles. The summed E-state index contributed by atoms with van der Waals surface area (Å²) in [5.74, 6) is 0.0820. The number of nitrogen functional groups attached to an aromatic ring is 1. The first kappa shape index (κ1) is 14.4. The molecule has 114 valence electrons. The van der Waals surface area contributed by atoms with Crippen LogP contribution < -0.4 is 5.73 Å². The Morgan fingerprint density at radius 3 is 2.43 bits per heavy atom. The first-order chi connectivity index (χ1) is 10.1. The van der Waals surface area contributed by atoms with Gasteiger partial charge in [0.1, 0.15) is 0 Å². The van der Waals surface area contributed by atoms with Gasteiger partial charge in [-0.05, 0) is 37.5 Å². The summed E-state index contributed by atoms with van der Waals surface area (Å²) in [6, 6.07) is 6.45. The van der Waals surface area contributed by atoms with E-state index in [1.165, 1.54) is 25.7 Å². The quantitative estimate of drug-likeness (QED) is 0.849. The first-order valence-corrected chi connectivity index (χ1v) is 8.04. The molecule has 21 heavy (non-hydrogen) atoms. The summed E-state index contributed by atoms with van der Waals surface area (Å²) in [4.78, 5) is 17.1. The highest BCUT2D eigenvalue weighted by Gasteiger charge is 2.28. The molecule has 2 N–H and O–H groups in total. The largest absolute Gasteiger partial charge is 0.398 e. The maximum Gasteiger partial charge on any atom is 0.256 e. The standard InChI is InChI=1S/C17H25N3O/c1-13-6-7-15(16(18)12-13)17(21)20-10-8-19(9-11-20)14-4-2-3-5-14/h6-7,12,14H,2-5,8-11,18H2,1H3. The number of rotatable bonds is 2. The van der Waals surface area contributed by atoms with Crippen molar-refractivity contribution in [1.82, 2.24) is 9.80 Å². The van der Waals surface area contributed by atoms with Gasteiger partial charge in [-0.2, -0.15) is 0 Å². The van der Waals surface area contributed by atoms with Crippen molar-refractivity contribution in [3.8, 4) is 0 Å². The lowest BCUT2D eigenvalue weighted by Gasteiger charge is -2.38. The van der Waals surface area contributed by atoms with Crippen LogP contribution in [0.2, 0.25) is 0 Å². The average molecular weight is 287 g/mol. The van der Waals surface area contributed by atoms with Crippen LogP contribution in [0, 0.1) is 6.92 Å².